The van der Waals surface area contributed by atoms with Gasteiger partial charge in [0.2, 0.25) is 10.0 Å². The van der Waals surface area contributed by atoms with Crippen molar-refractivity contribution in [3.8, 4) is 11.5 Å². The molecule has 0 spiro atoms. The highest BCUT2D eigenvalue weighted by Gasteiger charge is 2.37. The van der Waals surface area contributed by atoms with Gasteiger partial charge in [0.05, 0.1) is 17.4 Å². The maximum absolute atomic E-state index is 13.5. The number of rotatable bonds is 9. The minimum atomic E-state index is -3.86. The van der Waals surface area contributed by atoms with Crippen LogP contribution in [0.2, 0.25) is 0 Å². The number of nitrogens with zero attached hydrogens (tertiary/aromatic N) is 1. The van der Waals surface area contributed by atoms with Gasteiger partial charge in [0.15, 0.2) is 6.61 Å². The number of anilines is 1. The van der Waals surface area contributed by atoms with Crippen LogP contribution in [-0.4, -0.2) is 37.8 Å². The normalized spacial score (nSPS) is 15.1. The Hall–Kier alpha value is -4.47. The Kier molecular flexibility index (Phi) is 8.23. The molecule has 0 fully saturated rings. The monoisotopic (exact) mass is 556 g/mol. The van der Waals surface area contributed by atoms with Crippen LogP contribution in [0.25, 0.3) is 0 Å². The van der Waals surface area contributed by atoms with Gasteiger partial charge < -0.3 is 14.8 Å². The molecule has 4 aromatic rings. The van der Waals surface area contributed by atoms with Gasteiger partial charge in [0, 0.05) is 12.2 Å². The molecule has 1 amide bonds. The first-order valence-electron chi connectivity index (χ1n) is 12.8. The Labute approximate surface area is 233 Å². The summed E-state index contributed by atoms with van der Waals surface area (Å²) in [6.07, 6.45) is 0.313. The second kappa shape index (κ2) is 12.1. The second-order valence-corrected chi connectivity index (χ2v) is 11.1. The van der Waals surface area contributed by atoms with E-state index >= 15 is 0 Å². The zero-order chi connectivity index (χ0) is 28.0. The summed E-state index contributed by atoms with van der Waals surface area (Å²) in [6.45, 7) is -0.266. The molecule has 0 saturated carbocycles. The number of sulfonamides is 1. The molecule has 0 saturated heterocycles. The van der Waals surface area contributed by atoms with Crippen molar-refractivity contribution in [3.05, 3.63) is 120 Å². The summed E-state index contributed by atoms with van der Waals surface area (Å²) >= 11 is 0. The number of carbonyl (C=O) groups excluding carboxylic acids is 2. The molecule has 0 bridgehead atoms. The number of carbonyl (C=O) groups is 2. The van der Waals surface area contributed by atoms with Crippen molar-refractivity contribution in [2.24, 2.45) is 0 Å². The largest absolute Gasteiger partial charge is 0.457 e. The molecule has 4 aromatic carbocycles. The van der Waals surface area contributed by atoms with Gasteiger partial charge in [-0.05, 0) is 66.1 Å². The van der Waals surface area contributed by atoms with E-state index < -0.39 is 34.5 Å². The van der Waals surface area contributed by atoms with Crippen LogP contribution in [0.5, 0.6) is 11.5 Å². The first-order valence-corrected chi connectivity index (χ1v) is 14.3. The van der Waals surface area contributed by atoms with Crippen molar-refractivity contribution in [1.82, 2.24) is 4.31 Å². The highest BCUT2D eigenvalue weighted by molar-refractivity contribution is 7.89. The first kappa shape index (κ1) is 27.1. The van der Waals surface area contributed by atoms with Crippen molar-refractivity contribution >= 4 is 27.6 Å². The molecule has 0 aromatic heterocycles. The van der Waals surface area contributed by atoms with Gasteiger partial charge in [-0.25, -0.2) is 8.42 Å². The third-order valence-corrected chi connectivity index (χ3v) is 8.48. The number of hydrogen-bond donors (Lipinski definition) is 1. The Balaban J connectivity index is 1.21. The maximum atomic E-state index is 13.5. The third kappa shape index (κ3) is 6.39. The Morgan fingerprint density at radius 2 is 1.43 bits per heavy atom. The second-order valence-electron chi connectivity index (χ2n) is 9.25. The van der Waals surface area contributed by atoms with Gasteiger partial charge in [-0.1, -0.05) is 60.7 Å². The Morgan fingerprint density at radius 3 is 2.15 bits per heavy atom. The molecule has 40 heavy (non-hydrogen) atoms. The van der Waals surface area contributed by atoms with Crippen LogP contribution in [0.1, 0.15) is 23.6 Å². The SMILES string of the molecule is O=C(COC(=O)CC1c2ccccc2CCN1S(=O)(=O)c1ccccc1)Nc1ccc(Oc2ccccc2)cc1. The molecular formula is C31H28N2O6S. The number of para-hydroxylation sites is 1. The number of esters is 1. The van der Waals surface area contributed by atoms with Crippen LogP contribution in [-0.2, 0) is 30.8 Å². The molecule has 1 aliphatic heterocycles. The van der Waals surface area contributed by atoms with Gasteiger partial charge in [-0.2, -0.15) is 4.31 Å². The van der Waals surface area contributed by atoms with E-state index in [-0.39, 0.29) is 17.9 Å². The van der Waals surface area contributed by atoms with Crippen molar-refractivity contribution < 1.29 is 27.5 Å². The van der Waals surface area contributed by atoms with E-state index in [1.807, 2.05) is 54.6 Å². The predicted octanol–water partition coefficient (Wildman–Crippen LogP) is 5.34. The van der Waals surface area contributed by atoms with Crippen LogP contribution >= 0.6 is 0 Å². The quantitative estimate of drug-likeness (QED) is 0.279. The number of ether oxygens (including phenoxy) is 2. The highest BCUT2D eigenvalue weighted by Crippen LogP contribution is 2.36. The molecular weight excluding hydrogens is 528 g/mol. The van der Waals surface area contributed by atoms with Crippen LogP contribution in [0.4, 0.5) is 5.69 Å². The zero-order valence-corrected chi connectivity index (χ0v) is 22.4. The lowest BCUT2D eigenvalue weighted by atomic mass is 9.92. The van der Waals surface area contributed by atoms with Crippen LogP contribution in [0.3, 0.4) is 0 Å². The highest BCUT2D eigenvalue weighted by atomic mass is 32.2. The fourth-order valence-corrected chi connectivity index (χ4v) is 6.27. The molecule has 1 atom stereocenters. The smallest absolute Gasteiger partial charge is 0.308 e. The molecule has 5 rings (SSSR count). The van der Waals surface area contributed by atoms with E-state index in [0.717, 1.165) is 11.1 Å². The number of fused-ring (bicyclic) bond motifs is 1. The molecule has 1 unspecified atom stereocenters. The van der Waals surface area contributed by atoms with Crippen molar-refractivity contribution in [3.63, 3.8) is 0 Å². The summed E-state index contributed by atoms with van der Waals surface area (Å²) in [5, 5.41) is 2.68. The standard InChI is InChI=1S/C31H28N2O6S/c34-30(32-24-15-17-26(18-16-24)39-25-10-3-1-4-11-25)22-38-31(35)21-29-28-14-8-7-9-23(28)19-20-33(29)40(36,37)27-12-5-2-6-13-27/h1-18,29H,19-22H2,(H,32,34). The van der Waals surface area contributed by atoms with E-state index in [9.17, 15) is 18.0 Å². The van der Waals surface area contributed by atoms with E-state index in [4.69, 9.17) is 9.47 Å². The van der Waals surface area contributed by atoms with Gasteiger partial charge in [0.25, 0.3) is 5.91 Å². The van der Waals surface area contributed by atoms with Gasteiger partial charge in [-0.3, -0.25) is 9.59 Å². The summed E-state index contributed by atoms with van der Waals surface area (Å²) in [5.74, 6) is 0.125. The third-order valence-electron chi connectivity index (χ3n) is 6.55. The molecule has 1 aliphatic rings. The molecule has 0 radical (unpaired) electrons. The zero-order valence-electron chi connectivity index (χ0n) is 21.6. The fourth-order valence-electron chi connectivity index (χ4n) is 4.65. The first-order chi connectivity index (χ1) is 19.4. The lowest BCUT2D eigenvalue weighted by Gasteiger charge is -2.36. The van der Waals surface area contributed by atoms with Crippen molar-refractivity contribution in [2.45, 2.75) is 23.8 Å². The summed E-state index contributed by atoms with van der Waals surface area (Å²) in [6, 6.07) is 31.0. The fraction of sp³-hybridized carbons (Fsp3) is 0.161. The topological polar surface area (TPSA) is 102 Å². The number of hydrogen-bond acceptors (Lipinski definition) is 6. The Bertz CT molecular complexity index is 1580. The van der Waals surface area contributed by atoms with Crippen LogP contribution in [0.15, 0.2) is 114 Å². The maximum Gasteiger partial charge on any atom is 0.308 e. The predicted molar refractivity (Wildman–Crippen MR) is 150 cm³/mol. The summed E-state index contributed by atoms with van der Waals surface area (Å²) in [7, 11) is -3.86. The average molecular weight is 557 g/mol. The molecule has 0 aliphatic carbocycles. The van der Waals surface area contributed by atoms with E-state index in [0.29, 0.717) is 23.6 Å². The average Bonchev–Trinajstić information content (AvgIpc) is 2.98. The number of nitrogens with one attached hydrogen (secondary N) is 1. The molecule has 8 nitrogen and oxygen atoms in total. The summed E-state index contributed by atoms with van der Waals surface area (Å²) < 4.78 is 39.3. The van der Waals surface area contributed by atoms with Crippen molar-refractivity contribution in [1.29, 1.82) is 0 Å². The van der Waals surface area contributed by atoms with E-state index in [1.165, 1.54) is 16.4 Å². The van der Waals surface area contributed by atoms with Crippen molar-refractivity contribution in [2.75, 3.05) is 18.5 Å². The van der Waals surface area contributed by atoms with Crippen LogP contribution < -0.4 is 10.1 Å². The minimum absolute atomic E-state index is 0.160. The number of benzene rings is 4. The van der Waals surface area contributed by atoms with Gasteiger partial charge in [0.1, 0.15) is 11.5 Å². The van der Waals surface area contributed by atoms with Gasteiger partial charge in [-0.15, -0.1) is 0 Å². The van der Waals surface area contributed by atoms with E-state index in [2.05, 4.69) is 5.32 Å². The molecule has 204 valence electrons. The minimum Gasteiger partial charge on any atom is -0.457 e. The summed E-state index contributed by atoms with van der Waals surface area (Å²) in [4.78, 5) is 25.5. The van der Waals surface area contributed by atoms with Crippen LogP contribution in [0, 0.1) is 0 Å². The van der Waals surface area contributed by atoms with E-state index in [1.54, 1.807) is 42.5 Å². The molecule has 9 heteroatoms. The van der Waals surface area contributed by atoms with Gasteiger partial charge >= 0.3 is 5.97 Å². The lowest BCUT2D eigenvalue weighted by molar-refractivity contribution is -0.148. The Morgan fingerprint density at radius 1 is 0.800 bits per heavy atom. The lowest BCUT2D eigenvalue weighted by Crippen LogP contribution is -2.41. The number of amides is 1. The summed E-state index contributed by atoms with van der Waals surface area (Å²) in [5.41, 5.74) is 2.26. The molecule has 1 N–H and O–H groups in total. The molecule has 1 heterocycles.